The van der Waals surface area contributed by atoms with Crippen molar-refractivity contribution in [2.24, 2.45) is 0 Å². The van der Waals surface area contributed by atoms with Gasteiger partial charge in [0.15, 0.2) is 0 Å². The fourth-order valence-electron chi connectivity index (χ4n) is 3.44. The smallest absolute Gasteiger partial charge is 0.407 e. The molecule has 0 radical (unpaired) electrons. The Kier molecular flexibility index (Phi) is 14.2. The highest BCUT2D eigenvalue weighted by Gasteiger charge is 2.30. The lowest BCUT2D eigenvalue weighted by molar-refractivity contribution is 0.0490. The molecule has 2 aliphatic rings. The van der Waals surface area contributed by atoms with E-state index in [-0.39, 0.29) is 24.3 Å². The Balaban J connectivity index is 0.000000605. The van der Waals surface area contributed by atoms with Crippen LogP contribution in [-0.4, -0.2) is 82.1 Å². The number of hydrogen-bond donors (Lipinski definition) is 3. The molecule has 37 heavy (non-hydrogen) atoms. The SMILES string of the molecule is CC(C)(C)OC(=O)N[C@@H]1CC[C@@H](O)C1.CC(C)(C)OC(=O)N[C@@H]1CC[C@@H](OS(C)(=O)=O)C1.CS(=O)(=O)Cl. The van der Waals surface area contributed by atoms with Crippen LogP contribution in [0, 0.1) is 0 Å². The minimum atomic E-state index is -3.43. The van der Waals surface area contributed by atoms with Crippen LogP contribution in [0.2, 0.25) is 0 Å². The van der Waals surface area contributed by atoms with Crippen LogP contribution in [0.15, 0.2) is 0 Å². The molecule has 4 atom stereocenters. The zero-order valence-corrected chi connectivity index (χ0v) is 25.3. The number of nitrogens with one attached hydrogen (secondary N) is 2. The average Bonchev–Trinajstić information content (AvgIpc) is 3.17. The quantitative estimate of drug-likeness (QED) is 0.324. The molecule has 0 bridgehead atoms. The third-order valence-electron chi connectivity index (χ3n) is 4.54. The Bertz CT molecular complexity index is 935. The maximum Gasteiger partial charge on any atom is 0.407 e. The number of alkyl carbamates (subject to hydrolysis) is 2. The van der Waals surface area contributed by atoms with Gasteiger partial charge in [0.25, 0.3) is 10.1 Å². The number of rotatable bonds is 4. The van der Waals surface area contributed by atoms with Crippen LogP contribution in [0.1, 0.15) is 80.1 Å². The van der Waals surface area contributed by atoms with Gasteiger partial charge in [-0.15, -0.1) is 0 Å². The van der Waals surface area contributed by atoms with E-state index in [1.54, 1.807) is 20.8 Å². The summed E-state index contributed by atoms with van der Waals surface area (Å²) in [4.78, 5) is 22.8. The first-order chi connectivity index (χ1) is 16.4. The second kappa shape index (κ2) is 14.7. The van der Waals surface area contributed by atoms with E-state index in [1.165, 1.54) is 0 Å². The molecule has 15 heteroatoms. The van der Waals surface area contributed by atoms with Gasteiger partial charge in [-0.1, -0.05) is 0 Å². The number of aliphatic hydroxyl groups is 1. The van der Waals surface area contributed by atoms with Crippen LogP contribution < -0.4 is 10.6 Å². The lowest BCUT2D eigenvalue weighted by Gasteiger charge is -2.21. The van der Waals surface area contributed by atoms with Crippen LogP contribution in [0.25, 0.3) is 0 Å². The second-order valence-electron chi connectivity index (χ2n) is 11.1. The molecule has 0 aromatic rings. The minimum Gasteiger partial charge on any atom is -0.444 e. The van der Waals surface area contributed by atoms with Gasteiger partial charge in [-0.05, 0) is 80.1 Å². The number of carbonyl (C=O) groups excluding carboxylic acids is 2. The van der Waals surface area contributed by atoms with Gasteiger partial charge >= 0.3 is 12.2 Å². The van der Waals surface area contributed by atoms with Crippen molar-refractivity contribution in [2.75, 3.05) is 12.5 Å². The zero-order valence-electron chi connectivity index (χ0n) is 22.9. The Morgan fingerprint density at radius 3 is 1.49 bits per heavy atom. The molecule has 2 saturated carbocycles. The molecule has 2 rings (SSSR count). The summed E-state index contributed by atoms with van der Waals surface area (Å²) >= 11 is 0. The van der Waals surface area contributed by atoms with Gasteiger partial charge in [0.1, 0.15) is 11.2 Å². The summed E-state index contributed by atoms with van der Waals surface area (Å²) in [6, 6.07) is -0.0218. The second-order valence-corrected chi connectivity index (χ2v) is 15.7. The number of carbonyl (C=O) groups is 2. The van der Waals surface area contributed by atoms with Gasteiger partial charge in [0.2, 0.25) is 9.05 Å². The molecule has 220 valence electrons. The monoisotopic (exact) mass is 594 g/mol. The van der Waals surface area contributed by atoms with E-state index < -0.39 is 42.6 Å². The maximum atomic E-state index is 11.5. The predicted molar refractivity (Wildman–Crippen MR) is 140 cm³/mol. The van der Waals surface area contributed by atoms with Crippen molar-refractivity contribution in [3.05, 3.63) is 0 Å². The molecule has 2 aliphatic carbocycles. The first-order valence-corrected chi connectivity index (χ1v) is 16.4. The summed E-state index contributed by atoms with van der Waals surface area (Å²) < 4.78 is 55.9. The summed E-state index contributed by atoms with van der Waals surface area (Å²) in [5, 5.41) is 14.7. The maximum absolute atomic E-state index is 11.5. The molecule has 3 N–H and O–H groups in total. The Morgan fingerprint density at radius 2 is 1.16 bits per heavy atom. The molecular formula is C22H43ClN2O10S2. The predicted octanol–water partition coefficient (Wildman–Crippen LogP) is 3.02. The molecule has 12 nitrogen and oxygen atoms in total. The molecule has 2 fully saturated rings. The van der Waals surface area contributed by atoms with Crippen molar-refractivity contribution >= 4 is 42.0 Å². The van der Waals surface area contributed by atoms with Gasteiger partial charge in [-0.3, -0.25) is 4.18 Å². The zero-order chi connectivity index (χ0) is 29.2. The van der Waals surface area contributed by atoms with E-state index in [0.29, 0.717) is 25.7 Å². The van der Waals surface area contributed by atoms with E-state index in [2.05, 4.69) is 21.3 Å². The third kappa shape index (κ3) is 23.5. The van der Waals surface area contributed by atoms with Crippen LogP contribution in [-0.2, 0) is 32.8 Å². The van der Waals surface area contributed by atoms with Crippen LogP contribution in [0.4, 0.5) is 9.59 Å². The van der Waals surface area contributed by atoms with E-state index in [0.717, 1.165) is 25.4 Å². The number of halogens is 1. The van der Waals surface area contributed by atoms with Gasteiger partial charge in [0, 0.05) is 22.8 Å². The van der Waals surface area contributed by atoms with Gasteiger partial charge in [0.05, 0.1) is 24.7 Å². The Labute approximate surface area is 225 Å². The first kappa shape index (κ1) is 35.6. The molecule has 0 aromatic heterocycles. The highest BCUT2D eigenvalue weighted by molar-refractivity contribution is 8.13. The van der Waals surface area contributed by atoms with Gasteiger partial charge < -0.3 is 25.2 Å². The number of ether oxygens (including phenoxy) is 2. The standard InChI is InChI=1S/C11H21NO5S.C10H19NO3.CH3ClO2S/c1-11(2,3)16-10(13)12-8-5-6-9(7-8)17-18(4,14)15;1-10(2,3)14-9(13)11-7-4-5-8(12)6-7;1-5(2,3)4/h8-9H,5-7H2,1-4H3,(H,12,13);7-8,12H,4-6H2,1-3H3,(H,11,13);1H3/t8-,9-;7-,8-;/m11./s1. The molecule has 0 aromatic carbocycles. The van der Waals surface area contributed by atoms with Crippen molar-refractivity contribution in [3.8, 4) is 0 Å². The third-order valence-corrected chi connectivity index (χ3v) is 5.16. The first-order valence-electron chi connectivity index (χ1n) is 11.9. The highest BCUT2D eigenvalue weighted by atomic mass is 35.7. The minimum absolute atomic E-state index is 0.0693. The largest absolute Gasteiger partial charge is 0.444 e. The van der Waals surface area contributed by atoms with Gasteiger partial charge in [-0.25, -0.2) is 18.0 Å². The molecule has 0 saturated heterocycles. The molecule has 0 heterocycles. The van der Waals surface area contributed by atoms with Crippen molar-refractivity contribution in [1.29, 1.82) is 0 Å². The van der Waals surface area contributed by atoms with Crippen LogP contribution in [0.3, 0.4) is 0 Å². The van der Waals surface area contributed by atoms with E-state index in [9.17, 15) is 31.5 Å². The summed E-state index contributed by atoms with van der Waals surface area (Å²) in [6.07, 6.45) is 4.51. The highest BCUT2D eigenvalue weighted by Crippen LogP contribution is 2.24. The number of aliphatic hydroxyl groups excluding tert-OH is 1. The van der Waals surface area contributed by atoms with E-state index >= 15 is 0 Å². The fourth-order valence-corrected chi connectivity index (χ4v) is 4.11. The van der Waals surface area contributed by atoms with Crippen molar-refractivity contribution in [1.82, 2.24) is 10.6 Å². The lowest BCUT2D eigenvalue weighted by atomic mass is 10.2. The summed E-state index contributed by atoms with van der Waals surface area (Å²) in [5.41, 5.74) is -0.993. The van der Waals surface area contributed by atoms with Crippen molar-refractivity contribution < 1.29 is 45.2 Å². The Morgan fingerprint density at radius 1 is 0.784 bits per heavy atom. The average molecular weight is 595 g/mol. The normalized spacial score (nSPS) is 24.1. The van der Waals surface area contributed by atoms with Crippen molar-refractivity contribution in [2.45, 2.75) is 116 Å². The van der Waals surface area contributed by atoms with E-state index in [4.69, 9.17) is 13.7 Å². The lowest BCUT2D eigenvalue weighted by Crippen LogP contribution is -2.38. The molecule has 2 amide bonds. The number of hydrogen-bond acceptors (Lipinski definition) is 10. The van der Waals surface area contributed by atoms with Crippen molar-refractivity contribution in [3.63, 3.8) is 0 Å². The van der Waals surface area contributed by atoms with Crippen LogP contribution in [0.5, 0.6) is 0 Å². The summed E-state index contributed by atoms with van der Waals surface area (Å²) in [7, 11) is -2.12. The Hall–Kier alpha value is -1.35. The number of amides is 2. The molecule has 0 aliphatic heterocycles. The molecular weight excluding hydrogens is 552 g/mol. The van der Waals surface area contributed by atoms with E-state index in [1.807, 2.05) is 20.8 Å². The molecule has 0 spiro atoms. The fraction of sp³-hybridized carbons (Fsp3) is 0.909. The topological polar surface area (TPSA) is 174 Å². The molecule has 0 unspecified atom stereocenters. The van der Waals surface area contributed by atoms with Gasteiger partial charge in [-0.2, -0.15) is 8.42 Å². The van der Waals surface area contributed by atoms with Crippen LogP contribution >= 0.6 is 10.7 Å². The summed E-state index contributed by atoms with van der Waals surface area (Å²) in [5.74, 6) is 0. The summed E-state index contributed by atoms with van der Waals surface area (Å²) in [6.45, 7) is 10.9.